The van der Waals surface area contributed by atoms with Crippen LogP contribution in [0.1, 0.15) is 21.5 Å². The van der Waals surface area contributed by atoms with Crippen molar-refractivity contribution in [2.75, 3.05) is 11.9 Å². The van der Waals surface area contributed by atoms with Gasteiger partial charge in [0.05, 0.1) is 12.2 Å². The molecule has 0 saturated heterocycles. The van der Waals surface area contributed by atoms with Gasteiger partial charge in [0.25, 0.3) is 5.91 Å². The number of ether oxygens (including phenoxy) is 1. The largest absolute Gasteiger partial charge is 0.507 e. The van der Waals surface area contributed by atoms with E-state index in [4.69, 9.17) is 4.74 Å². The third-order valence-corrected chi connectivity index (χ3v) is 3.99. The summed E-state index contributed by atoms with van der Waals surface area (Å²) in [5, 5.41) is 12.7. The molecule has 1 amide bonds. The molecule has 0 aliphatic rings. The number of phenolic OH excluding ortho intramolecular Hbond substituents is 1. The normalized spacial score (nSPS) is 10.3. The number of rotatable bonds is 6. The van der Waals surface area contributed by atoms with Gasteiger partial charge in [-0.05, 0) is 42.3 Å². The van der Waals surface area contributed by atoms with Gasteiger partial charge < -0.3 is 15.2 Å². The fourth-order valence-corrected chi connectivity index (χ4v) is 2.63. The van der Waals surface area contributed by atoms with Gasteiger partial charge in [-0.3, -0.25) is 4.79 Å². The Labute approximate surface area is 153 Å². The third-order valence-electron chi connectivity index (χ3n) is 3.99. The second-order valence-corrected chi connectivity index (χ2v) is 6.09. The number of aromatic hydroxyl groups is 1. The van der Waals surface area contributed by atoms with Crippen LogP contribution in [-0.2, 0) is 6.42 Å². The maximum Gasteiger partial charge on any atom is 0.259 e. The summed E-state index contributed by atoms with van der Waals surface area (Å²) in [6, 6.07) is 22.3. The molecule has 0 spiro atoms. The first-order chi connectivity index (χ1) is 12.6. The second kappa shape index (κ2) is 8.21. The van der Waals surface area contributed by atoms with Crippen LogP contribution in [0.2, 0.25) is 0 Å². The minimum absolute atomic E-state index is 0.0298. The minimum Gasteiger partial charge on any atom is -0.507 e. The summed E-state index contributed by atoms with van der Waals surface area (Å²) in [6.07, 6.45) is 0.814. The van der Waals surface area contributed by atoms with Crippen LogP contribution in [0.5, 0.6) is 11.5 Å². The highest BCUT2D eigenvalue weighted by Gasteiger charge is 2.11. The van der Waals surface area contributed by atoms with Gasteiger partial charge in [0, 0.05) is 18.2 Å². The number of carbonyl (C=O) groups is 1. The number of benzene rings is 3. The van der Waals surface area contributed by atoms with E-state index in [9.17, 15) is 9.90 Å². The van der Waals surface area contributed by atoms with Crippen LogP contribution in [0.3, 0.4) is 0 Å². The van der Waals surface area contributed by atoms with E-state index in [0.29, 0.717) is 18.0 Å². The first-order valence-corrected chi connectivity index (χ1v) is 8.49. The zero-order chi connectivity index (χ0) is 18.4. The van der Waals surface area contributed by atoms with E-state index in [1.54, 1.807) is 30.3 Å². The molecule has 0 bridgehead atoms. The van der Waals surface area contributed by atoms with E-state index in [-0.39, 0.29) is 17.2 Å². The molecule has 26 heavy (non-hydrogen) atoms. The zero-order valence-electron chi connectivity index (χ0n) is 14.6. The first kappa shape index (κ1) is 17.5. The molecule has 0 heterocycles. The fraction of sp³-hybridized carbons (Fsp3) is 0.136. The quantitative estimate of drug-likeness (QED) is 0.686. The van der Waals surface area contributed by atoms with Gasteiger partial charge in [-0.2, -0.15) is 0 Å². The van der Waals surface area contributed by atoms with E-state index in [2.05, 4.69) is 17.4 Å². The van der Waals surface area contributed by atoms with Crippen molar-refractivity contribution in [2.24, 2.45) is 0 Å². The number of anilines is 1. The molecule has 0 radical (unpaired) electrons. The maximum atomic E-state index is 12.3. The third kappa shape index (κ3) is 4.63. The van der Waals surface area contributed by atoms with E-state index >= 15 is 0 Å². The number of carbonyl (C=O) groups excluding carboxylic acids is 1. The molecular formula is C22H21NO3. The molecule has 0 unspecified atom stereocenters. The average molecular weight is 347 g/mol. The van der Waals surface area contributed by atoms with Crippen molar-refractivity contribution < 1.29 is 14.6 Å². The Morgan fingerprint density at radius 1 is 1.00 bits per heavy atom. The van der Waals surface area contributed by atoms with Crippen LogP contribution >= 0.6 is 0 Å². The average Bonchev–Trinajstić information content (AvgIpc) is 2.63. The summed E-state index contributed by atoms with van der Waals surface area (Å²) >= 11 is 0. The van der Waals surface area contributed by atoms with Crippen LogP contribution < -0.4 is 10.1 Å². The molecule has 0 saturated carbocycles. The van der Waals surface area contributed by atoms with Crippen LogP contribution in [-0.4, -0.2) is 17.6 Å². The molecule has 0 aliphatic heterocycles. The Balaban J connectivity index is 1.61. The van der Waals surface area contributed by atoms with Crippen LogP contribution in [0.4, 0.5) is 5.69 Å². The van der Waals surface area contributed by atoms with Gasteiger partial charge in [-0.25, -0.2) is 0 Å². The molecule has 0 fully saturated rings. The lowest BCUT2D eigenvalue weighted by atomic mass is 10.1. The van der Waals surface area contributed by atoms with Gasteiger partial charge in [-0.15, -0.1) is 0 Å². The Morgan fingerprint density at radius 3 is 2.58 bits per heavy atom. The summed E-state index contributed by atoms with van der Waals surface area (Å²) in [7, 11) is 0. The Kier molecular flexibility index (Phi) is 5.54. The van der Waals surface area contributed by atoms with Gasteiger partial charge >= 0.3 is 0 Å². The molecule has 0 aromatic heterocycles. The number of nitrogens with one attached hydrogen (secondary N) is 1. The molecule has 0 atom stereocenters. The molecular weight excluding hydrogens is 326 g/mol. The van der Waals surface area contributed by atoms with Crippen molar-refractivity contribution in [1.29, 1.82) is 0 Å². The number of phenols is 1. The minimum atomic E-state index is -0.357. The molecule has 3 aromatic carbocycles. The highest BCUT2D eigenvalue weighted by Crippen LogP contribution is 2.22. The lowest BCUT2D eigenvalue weighted by molar-refractivity contribution is 0.102. The van der Waals surface area contributed by atoms with E-state index < -0.39 is 0 Å². The number of hydrogen-bond donors (Lipinski definition) is 2. The Morgan fingerprint density at radius 2 is 1.81 bits per heavy atom. The molecule has 132 valence electrons. The lowest BCUT2D eigenvalue weighted by Gasteiger charge is -2.10. The van der Waals surface area contributed by atoms with E-state index in [1.807, 2.05) is 37.3 Å². The number of aryl methyl sites for hydroxylation is 1. The number of amides is 1. The predicted octanol–water partition coefficient (Wildman–Crippen LogP) is 4.57. The molecule has 4 nitrogen and oxygen atoms in total. The molecule has 2 N–H and O–H groups in total. The monoisotopic (exact) mass is 347 g/mol. The van der Waals surface area contributed by atoms with Gasteiger partial charge in [0.15, 0.2) is 0 Å². The van der Waals surface area contributed by atoms with E-state index in [0.717, 1.165) is 12.0 Å². The van der Waals surface area contributed by atoms with Crippen molar-refractivity contribution in [3.63, 3.8) is 0 Å². The van der Waals surface area contributed by atoms with Crippen molar-refractivity contribution >= 4 is 11.6 Å². The summed E-state index contributed by atoms with van der Waals surface area (Å²) in [6.45, 7) is 2.41. The van der Waals surface area contributed by atoms with Crippen LogP contribution in [0, 0.1) is 6.92 Å². The van der Waals surface area contributed by atoms with E-state index in [1.165, 1.54) is 5.56 Å². The maximum absolute atomic E-state index is 12.3. The first-order valence-electron chi connectivity index (χ1n) is 8.49. The van der Waals surface area contributed by atoms with Gasteiger partial charge in [0.1, 0.15) is 11.5 Å². The zero-order valence-corrected chi connectivity index (χ0v) is 14.6. The summed E-state index contributed by atoms with van der Waals surface area (Å²) in [5.74, 6) is 0.300. The standard InChI is InChI=1S/C22H21NO3/c1-16-10-11-20(21(24)14-16)22(25)23-18-8-5-9-19(15-18)26-13-12-17-6-3-2-4-7-17/h2-11,14-15,24H,12-13H2,1H3,(H,23,25). The summed E-state index contributed by atoms with van der Waals surface area (Å²) in [4.78, 5) is 12.3. The highest BCUT2D eigenvalue weighted by molar-refractivity contribution is 6.06. The lowest BCUT2D eigenvalue weighted by Crippen LogP contribution is -2.12. The van der Waals surface area contributed by atoms with Gasteiger partial charge in [-0.1, -0.05) is 42.5 Å². The van der Waals surface area contributed by atoms with Crippen molar-refractivity contribution in [3.05, 3.63) is 89.5 Å². The molecule has 0 aliphatic carbocycles. The van der Waals surface area contributed by atoms with Crippen LogP contribution in [0.15, 0.2) is 72.8 Å². The molecule has 3 aromatic rings. The highest BCUT2D eigenvalue weighted by atomic mass is 16.5. The Hall–Kier alpha value is -3.27. The molecule has 3 rings (SSSR count). The van der Waals surface area contributed by atoms with Crippen LogP contribution in [0.25, 0.3) is 0 Å². The van der Waals surface area contributed by atoms with Crippen molar-refractivity contribution in [1.82, 2.24) is 0 Å². The van der Waals surface area contributed by atoms with Crippen molar-refractivity contribution in [2.45, 2.75) is 13.3 Å². The molecule has 4 heteroatoms. The predicted molar refractivity (Wildman–Crippen MR) is 103 cm³/mol. The smallest absolute Gasteiger partial charge is 0.259 e. The van der Waals surface area contributed by atoms with Gasteiger partial charge in [0.2, 0.25) is 0 Å². The Bertz CT molecular complexity index is 891. The SMILES string of the molecule is Cc1ccc(C(=O)Nc2cccc(OCCc3ccccc3)c2)c(O)c1. The topological polar surface area (TPSA) is 58.6 Å². The second-order valence-electron chi connectivity index (χ2n) is 6.09. The number of hydrogen-bond acceptors (Lipinski definition) is 3. The summed E-state index contributed by atoms with van der Waals surface area (Å²) < 4.78 is 5.78. The van der Waals surface area contributed by atoms with Crippen molar-refractivity contribution in [3.8, 4) is 11.5 Å². The summed E-state index contributed by atoms with van der Waals surface area (Å²) in [5.41, 5.74) is 2.97. The fourth-order valence-electron chi connectivity index (χ4n) is 2.63.